The number of halogens is 1. The van der Waals surface area contributed by atoms with Gasteiger partial charge in [-0.2, -0.15) is 5.10 Å². The summed E-state index contributed by atoms with van der Waals surface area (Å²) < 4.78 is 7.02. The lowest BCUT2D eigenvalue weighted by Gasteiger charge is -2.38. The minimum atomic E-state index is -0.252. The molecular formula is C17H18ClN3O3. The number of aryl methyl sites for hydroxylation is 1. The van der Waals surface area contributed by atoms with Gasteiger partial charge >= 0.3 is 0 Å². The number of hydrogen-bond donors (Lipinski definition) is 0. The van der Waals surface area contributed by atoms with Crippen LogP contribution >= 0.6 is 11.6 Å². The molecule has 2 atom stereocenters. The van der Waals surface area contributed by atoms with Gasteiger partial charge in [0.2, 0.25) is 0 Å². The van der Waals surface area contributed by atoms with Crippen LogP contribution in [-0.2, 0) is 11.8 Å². The van der Waals surface area contributed by atoms with Crippen molar-refractivity contribution in [3.05, 3.63) is 63.0 Å². The first kappa shape index (κ1) is 16.7. The van der Waals surface area contributed by atoms with Gasteiger partial charge in [-0.15, -0.1) is 0 Å². The summed E-state index contributed by atoms with van der Waals surface area (Å²) in [7, 11) is 1.52. The smallest absolute Gasteiger partial charge is 0.274 e. The highest BCUT2D eigenvalue weighted by molar-refractivity contribution is 6.30. The molecule has 1 amide bonds. The fourth-order valence-corrected chi connectivity index (χ4v) is 2.91. The molecule has 2 aromatic rings. The van der Waals surface area contributed by atoms with Gasteiger partial charge in [0.05, 0.1) is 19.2 Å². The average Bonchev–Trinajstić information content (AvgIpc) is 2.57. The Balaban J connectivity index is 1.84. The van der Waals surface area contributed by atoms with Crippen LogP contribution < -0.4 is 5.56 Å². The number of ether oxygens (including phenoxy) is 1. The van der Waals surface area contributed by atoms with Gasteiger partial charge < -0.3 is 9.64 Å². The quantitative estimate of drug-likeness (QED) is 0.834. The molecule has 1 saturated heterocycles. The molecule has 1 aliphatic rings. The molecule has 0 N–H and O–H groups in total. The Labute approximate surface area is 144 Å². The van der Waals surface area contributed by atoms with Crippen molar-refractivity contribution in [1.82, 2.24) is 14.7 Å². The van der Waals surface area contributed by atoms with E-state index in [1.54, 1.807) is 11.0 Å². The predicted molar refractivity (Wildman–Crippen MR) is 90.1 cm³/mol. The number of nitrogens with zero attached hydrogens (tertiary/aromatic N) is 3. The van der Waals surface area contributed by atoms with Crippen molar-refractivity contribution in [3.8, 4) is 0 Å². The van der Waals surface area contributed by atoms with E-state index in [1.165, 1.54) is 19.2 Å². The molecule has 126 valence electrons. The van der Waals surface area contributed by atoms with Crippen molar-refractivity contribution in [1.29, 1.82) is 0 Å². The number of aromatic nitrogens is 2. The summed E-state index contributed by atoms with van der Waals surface area (Å²) in [6.45, 7) is 2.76. The summed E-state index contributed by atoms with van der Waals surface area (Å²) in [5.74, 6) is -0.214. The van der Waals surface area contributed by atoms with Crippen LogP contribution in [0.5, 0.6) is 0 Å². The summed E-state index contributed by atoms with van der Waals surface area (Å²) in [4.78, 5) is 26.0. The Hall–Kier alpha value is -2.18. The monoisotopic (exact) mass is 347 g/mol. The lowest BCUT2D eigenvalue weighted by molar-refractivity contribution is -0.0489. The summed E-state index contributed by atoms with van der Waals surface area (Å²) in [6, 6.07) is 10.2. The predicted octanol–water partition coefficient (Wildman–Crippen LogP) is 2.04. The zero-order chi connectivity index (χ0) is 17.3. The van der Waals surface area contributed by atoms with Crippen LogP contribution in [0.3, 0.4) is 0 Å². The second-order valence-electron chi connectivity index (χ2n) is 5.86. The molecule has 3 rings (SSSR count). The fourth-order valence-electron chi connectivity index (χ4n) is 2.71. The number of rotatable bonds is 2. The van der Waals surface area contributed by atoms with Crippen molar-refractivity contribution in [2.75, 3.05) is 13.2 Å². The van der Waals surface area contributed by atoms with Gasteiger partial charge in [0.1, 0.15) is 11.8 Å². The molecule has 0 spiro atoms. The lowest BCUT2D eigenvalue weighted by Crippen LogP contribution is -2.48. The molecule has 2 heterocycles. The Kier molecular flexibility index (Phi) is 4.69. The van der Waals surface area contributed by atoms with Gasteiger partial charge in [-0.1, -0.05) is 23.7 Å². The minimum absolute atomic E-state index is 0.0769. The number of benzene rings is 1. The van der Waals surface area contributed by atoms with Crippen molar-refractivity contribution in [2.24, 2.45) is 7.05 Å². The van der Waals surface area contributed by atoms with E-state index < -0.39 is 0 Å². The zero-order valence-corrected chi connectivity index (χ0v) is 14.2. The molecule has 7 heteroatoms. The number of carbonyl (C=O) groups is 1. The van der Waals surface area contributed by atoms with E-state index in [4.69, 9.17) is 16.3 Å². The normalized spacial score (nSPS) is 20.9. The van der Waals surface area contributed by atoms with E-state index in [0.29, 0.717) is 18.2 Å². The van der Waals surface area contributed by atoms with E-state index in [2.05, 4.69) is 5.10 Å². The Morgan fingerprint density at radius 3 is 2.83 bits per heavy atom. The maximum atomic E-state index is 12.8. The Bertz CT molecular complexity index is 821. The number of amides is 1. The van der Waals surface area contributed by atoms with Gasteiger partial charge in [0.15, 0.2) is 0 Å². The second-order valence-corrected chi connectivity index (χ2v) is 6.30. The van der Waals surface area contributed by atoms with Crippen LogP contribution in [0, 0.1) is 0 Å². The Morgan fingerprint density at radius 1 is 1.33 bits per heavy atom. The maximum absolute atomic E-state index is 12.8. The van der Waals surface area contributed by atoms with E-state index in [-0.39, 0.29) is 29.3 Å². The van der Waals surface area contributed by atoms with Gasteiger partial charge in [-0.25, -0.2) is 4.68 Å². The molecule has 0 aliphatic carbocycles. The standard InChI is InChI=1S/C17H18ClN3O3/c1-11-10-24-15(12-4-3-5-13(18)8-12)9-21(11)17(23)14-6-7-16(22)20(2)19-14/h3-8,11,15H,9-10H2,1-2H3. The minimum Gasteiger partial charge on any atom is -0.370 e. The molecule has 24 heavy (non-hydrogen) atoms. The number of morpholine rings is 1. The topological polar surface area (TPSA) is 64.4 Å². The maximum Gasteiger partial charge on any atom is 0.274 e. The zero-order valence-electron chi connectivity index (χ0n) is 13.5. The van der Waals surface area contributed by atoms with Crippen LogP contribution in [0.25, 0.3) is 0 Å². The average molecular weight is 348 g/mol. The van der Waals surface area contributed by atoms with Gasteiger partial charge in [0, 0.05) is 18.1 Å². The SMILES string of the molecule is CC1COC(c2cccc(Cl)c2)CN1C(=O)c1ccc(=O)n(C)n1. The van der Waals surface area contributed by atoms with Crippen LogP contribution in [0.1, 0.15) is 29.1 Å². The van der Waals surface area contributed by atoms with Crippen molar-refractivity contribution in [2.45, 2.75) is 19.1 Å². The molecule has 1 fully saturated rings. The van der Waals surface area contributed by atoms with Crippen LogP contribution in [0.15, 0.2) is 41.2 Å². The van der Waals surface area contributed by atoms with E-state index in [1.807, 2.05) is 25.1 Å². The summed E-state index contributed by atoms with van der Waals surface area (Å²) in [5.41, 5.74) is 0.926. The van der Waals surface area contributed by atoms with Gasteiger partial charge in [0.25, 0.3) is 11.5 Å². The van der Waals surface area contributed by atoms with E-state index in [0.717, 1.165) is 10.2 Å². The molecular weight excluding hydrogens is 330 g/mol. The van der Waals surface area contributed by atoms with Gasteiger partial charge in [-0.3, -0.25) is 9.59 Å². The summed E-state index contributed by atoms with van der Waals surface area (Å²) in [6.07, 6.45) is -0.239. The van der Waals surface area contributed by atoms with Crippen LogP contribution in [0.2, 0.25) is 5.02 Å². The third-order valence-corrected chi connectivity index (χ3v) is 4.33. The van der Waals surface area contributed by atoms with Crippen molar-refractivity contribution < 1.29 is 9.53 Å². The first-order valence-corrected chi connectivity index (χ1v) is 8.06. The van der Waals surface area contributed by atoms with E-state index in [9.17, 15) is 9.59 Å². The third-order valence-electron chi connectivity index (χ3n) is 4.09. The molecule has 0 bridgehead atoms. The Morgan fingerprint density at radius 2 is 2.12 bits per heavy atom. The molecule has 1 aromatic heterocycles. The highest BCUT2D eigenvalue weighted by Crippen LogP contribution is 2.27. The van der Waals surface area contributed by atoms with Crippen LogP contribution in [-0.4, -0.2) is 39.8 Å². The first-order valence-electron chi connectivity index (χ1n) is 7.68. The van der Waals surface area contributed by atoms with Crippen molar-refractivity contribution in [3.63, 3.8) is 0 Å². The first-order chi connectivity index (χ1) is 11.5. The number of carbonyl (C=O) groups excluding carboxylic acids is 1. The molecule has 0 radical (unpaired) electrons. The summed E-state index contributed by atoms with van der Waals surface area (Å²) in [5, 5.41) is 4.68. The fraction of sp³-hybridized carbons (Fsp3) is 0.353. The van der Waals surface area contributed by atoms with E-state index >= 15 is 0 Å². The molecule has 1 aromatic carbocycles. The second kappa shape index (κ2) is 6.75. The van der Waals surface area contributed by atoms with Crippen molar-refractivity contribution >= 4 is 17.5 Å². The third kappa shape index (κ3) is 3.34. The highest BCUT2D eigenvalue weighted by Gasteiger charge is 2.31. The highest BCUT2D eigenvalue weighted by atomic mass is 35.5. The van der Waals surface area contributed by atoms with Crippen LogP contribution in [0.4, 0.5) is 0 Å². The molecule has 0 saturated carbocycles. The molecule has 1 aliphatic heterocycles. The van der Waals surface area contributed by atoms with Gasteiger partial charge in [-0.05, 0) is 30.7 Å². The lowest BCUT2D eigenvalue weighted by atomic mass is 10.1. The largest absolute Gasteiger partial charge is 0.370 e. The number of hydrogen-bond acceptors (Lipinski definition) is 4. The summed E-state index contributed by atoms with van der Waals surface area (Å²) >= 11 is 6.04. The molecule has 2 unspecified atom stereocenters. The molecule has 6 nitrogen and oxygen atoms in total.